The average molecular weight is 358 g/mol. The first-order valence-electron chi connectivity index (χ1n) is 8.32. The molecule has 0 aromatic carbocycles. The van der Waals surface area contributed by atoms with Crippen molar-refractivity contribution in [1.82, 2.24) is 14.6 Å². The molecular weight excluding hydrogens is 337 g/mol. The van der Waals surface area contributed by atoms with Crippen LogP contribution in [0, 0.1) is 5.82 Å². The van der Waals surface area contributed by atoms with Crippen LogP contribution < -0.4 is 5.73 Å². The van der Waals surface area contributed by atoms with Crippen molar-refractivity contribution in [3.63, 3.8) is 0 Å². The number of nitrogen functional groups attached to an aromatic ring is 1. The number of aliphatic hydroxyl groups excluding tert-OH is 1. The fourth-order valence-electron chi connectivity index (χ4n) is 3.25. The molecule has 0 amide bonds. The van der Waals surface area contributed by atoms with Gasteiger partial charge < -0.3 is 15.6 Å². The third kappa shape index (κ3) is 3.87. The van der Waals surface area contributed by atoms with Crippen LogP contribution in [-0.4, -0.2) is 44.9 Å². The quantitative estimate of drug-likeness (QED) is 0.818. The second-order valence-corrected chi connectivity index (χ2v) is 6.41. The molecule has 2 aliphatic rings. The number of ether oxygens (including phenoxy) is 1. The summed E-state index contributed by atoms with van der Waals surface area (Å²) in [4.78, 5) is 3.66. The van der Waals surface area contributed by atoms with Crippen LogP contribution >= 0.6 is 0 Å². The van der Waals surface area contributed by atoms with Crippen molar-refractivity contribution in [3.05, 3.63) is 23.8 Å². The maximum Gasteiger partial charge on any atom is 0.256 e. The second-order valence-electron chi connectivity index (χ2n) is 6.41. The van der Waals surface area contributed by atoms with Crippen LogP contribution in [0.15, 0.2) is 12.3 Å². The number of fused-ring (bicyclic) bond motifs is 1. The van der Waals surface area contributed by atoms with Gasteiger partial charge in [0.15, 0.2) is 5.82 Å². The Kier molecular flexibility index (Phi) is 5.14. The van der Waals surface area contributed by atoms with Crippen molar-refractivity contribution >= 4 is 11.5 Å². The van der Waals surface area contributed by atoms with Crippen LogP contribution in [0.2, 0.25) is 0 Å². The number of rotatable bonds is 1. The maximum absolute atomic E-state index is 13.7. The zero-order chi connectivity index (χ0) is 18.0. The van der Waals surface area contributed by atoms with Crippen molar-refractivity contribution in [2.45, 2.75) is 50.0 Å². The van der Waals surface area contributed by atoms with Gasteiger partial charge in [0.25, 0.3) is 5.92 Å². The second kappa shape index (κ2) is 7.17. The van der Waals surface area contributed by atoms with Gasteiger partial charge in [0.2, 0.25) is 5.95 Å². The molecule has 2 aromatic rings. The first kappa shape index (κ1) is 17.9. The first-order chi connectivity index (χ1) is 11.9. The molecule has 2 fully saturated rings. The highest BCUT2D eigenvalue weighted by Gasteiger charge is 2.46. The third-order valence-electron chi connectivity index (χ3n) is 4.52. The molecule has 1 saturated carbocycles. The zero-order valence-corrected chi connectivity index (χ0v) is 13.7. The lowest BCUT2D eigenvalue weighted by Gasteiger charge is -2.18. The Morgan fingerprint density at radius 1 is 1.32 bits per heavy atom. The van der Waals surface area contributed by atoms with E-state index >= 15 is 0 Å². The summed E-state index contributed by atoms with van der Waals surface area (Å²) in [6.45, 7) is 1.37. The van der Waals surface area contributed by atoms with E-state index in [1.807, 2.05) is 0 Å². The lowest BCUT2D eigenvalue weighted by Crippen LogP contribution is -2.21. The van der Waals surface area contributed by atoms with Crippen LogP contribution in [0.25, 0.3) is 5.52 Å². The number of aromatic nitrogens is 3. The van der Waals surface area contributed by atoms with Crippen molar-refractivity contribution in [2.24, 2.45) is 0 Å². The largest absolute Gasteiger partial charge is 0.391 e. The zero-order valence-electron chi connectivity index (χ0n) is 13.7. The van der Waals surface area contributed by atoms with Crippen molar-refractivity contribution < 1.29 is 23.0 Å². The monoisotopic (exact) mass is 358 g/mol. The van der Waals surface area contributed by atoms with E-state index in [0.717, 1.165) is 30.0 Å². The molecule has 1 aliphatic heterocycles. The normalized spacial score (nSPS) is 25.6. The van der Waals surface area contributed by atoms with Crippen LogP contribution in [-0.2, 0) is 4.74 Å². The van der Waals surface area contributed by atoms with Crippen LogP contribution in [0.4, 0.5) is 19.1 Å². The molecule has 3 N–H and O–H groups in total. The highest BCUT2D eigenvalue weighted by molar-refractivity contribution is 5.50. The molecule has 0 bridgehead atoms. The minimum atomic E-state index is -2.82. The number of nitrogens with zero attached hydrogens (tertiary/aromatic N) is 3. The summed E-state index contributed by atoms with van der Waals surface area (Å²) in [7, 11) is 0. The van der Waals surface area contributed by atoms with Gasteiger partial charge in [-0.1, -0.05) is 0 Å². The number of aliphatic hydroxyl groups is 1. The Bertz CT molecular complexity index is 731. The summed E-state index contributed by atoms with van der Waals surface area (Å²) < 4.78 is 47.2. The molecule has 0 spiro atoms. The summed E-state index contributed by atoms with van der Waals surface area (Å²) in [5.74, 6) is -4.50. The van der Waals surface area contributed by atoms with Gasteiger partial charge in [-0.25, -0.2) is 22.7 Å². The van der Waals surface area contributed by atoms with Crippen molar-refractivity contribution in [1.29, 1.82) is 0 Å². The smallest absolute Gasteiger partial charge is 0.256 e. The number of anilines is 1. The number of alkyl halides is 2. The molecule has 25 heavy (non-hydrogen) atoms. The molecular formula is C16H21F3N4O2. The molecule has 3 heterocycles. The van der Waals surface area contributed by atoms with E-state index in [4.69, 9.17) is 15.6 Å². The minimum Gasteiger partial charge on any atom is -0.391 e. The highest BCUT2D eigenvalue weighted by Crippen LogP contribution is 2.47. The van der Waals surface area contributed by atoms with Gasteiger partial charge >= 0.3 is 0 Å². The molecule has 2 unspecified atom stereocenters. The Balaban J connectivity index is 0.000000219. The fourth-order valence-corrected chi connectivity index (χ4v) is 3.25. The van der Waals surface area contributed by atoms with Gasteiger partial charge in [0.1, 0.15) is 5.52 Å². The standard InChI is InChI=1S/C11H11F3N4.C5H10O2/c12-7-4-8(6-2-1-3-11(6,13)14)18-9(7)5-16-10(15)17-18;6-5-2-1-3-7-4-5/h4-6H,1-3H2,(H2,15,17);5-6H,1-4H2. The Hall–Kier alpha value is -1.87. The number of hydrogen-bond acceptors (Lipinski definition) is 5. The fraction of sp³-hybridized carbons (Fsp3) is 0.625. The molecule has 4 rings (SSSR count). The molecule has 2 atom stereocenters. The molecule has 1 saturated heterocycles. The summed E-state index contributed by atoms with van der Waals surface area (Å²) in [5.41, 5.74) is 5.65. The SMILES string of the molecule is Nc1ncc2c(F)cc(C3CCCC3(F)F)n2n1.OC1CCCOC1. The molecule has 138 valence electrons. The van der Waals surface area contributed by atoms with Gasteiger partial charge in [-0.05, 0) is 31.7 Å². The molecule has 9 heteroatoms. The van der Waals surface area contributed by atoms with Crippen LogP contribution in [0.3, 0.4) is 0 Å². The van der Waals surface area contributed by atoms with Gasteiger partial charge in [-0.2, -0.15) is 0 Å². The molecule has 6 nitrogen and oxygen atoms in total. The van der Waals surface area contributed by atoms with Crippen LogP contribution in [0.5, 0.6) is 0 Å². The van der Waals surface area contributed by atoms with Crippen molar-refractivity contribution in [3.8, 4) is 0 Å². The van der Waals surface area contributed by atoms with E-state index in [9.17, 15) is 13.2 Å². The number of halogens is 3. The predicted molar refractivity (Wildman–Crippen MR) is 85.0 cm³/mol. The predicted octanol–water partition coefficient (Wildman–Crippen LogP) is 2.51. The van der Waals surface area contributed by atoms with Crippen molar-refractivity contribution in [2.75, 3.05) is 18.9 Å². The molecule has 2 aromatic heterocycles. The number of hydrogen-bond donors (Lipinski definition) is 2. The summed E-state index contributed by atoms with van der Waals surface area (Å²) >= 11 is 0. The number of nitrogens with two attached hydrogens (primary N) is 1. The lowest BCUT2D eigenvalue weighted by molar-refractivity contribution is -0.0105. The lowest BCUT2D eigenvalue weighted by atomic mass is 10.0. The van der Waals surface area contributed by atoms with Gasteiger partial charge in [-0.3, -0.25) is 0 Å². The Labute approximate surface area is 142 Å². The van der Waals surface area contributed by atoms with E-state index < -0.39 is 17.7 Å². The minimum absolute atomic E-state index is 0.0688. The highest BCUT2D eigenvalue weighted by atomic mass is 19.3. The Morgan fingerprint density at radius 3 is 2.68 bits per heavy atom. The third-order valence-corrected chi connectivity index (χ3v) is 4.52. The van der Waals surface area contributed by atoms with Gasteiger partial charge in [-0.15, -0.1) is 5.10 Å². The van der Waals surface area contributed by atoms with E-state index in [-0.39, 0.29) is 29.7 Å². The Morgan fingerprint density at radius 2 is 2.12 bits per heavy atom. The summed E-state index contributed by atoms with van der Waals surface area (Å²) in [5, 5.41) is 12.6. The molecule has 0 radical (unpaired) electrons. The summed E-state index contributed by atoms with van der Waals surface area (Å²) in [6.07, 6.45) is 3.52. The van der Waals surface area contributed by atoms with E-state index in [2.05, 4.69) is 10.1 Å². The van der Waals surface area contributed by atoms with Crippen LogP contribution in [0.1, 0.15) is 43.7 Å². The topological polar surface area (TPSA) is 85.7 Å². The first-order valence-corrected chi connectivity index (χ1v) is 8.32. The average Bonchev–Trinajstić information content (AvgIpc) is 3.07. The van der Waals surface area contributed by atoms with Gasteiger partial charge in [0.05, 0.1) is 30.5 Å². The maximum atomic E-state index is 13.7. The van der Waals surface area contributed by atoms with Gasteiger partial charge in [0, 0.05) is 13.0 Å². The van der Waals surface area contributed by atoms with E-state index in [1.54, 1.807) is 0 Å². The van der Waals surface area contributed by atoms with E-state index in [0.29, 0.717) is 19.4 Å². The molecule has 1 aliphatic carbocycles. The van der Waals surface area contributed by atoms with E-state index in [1.165, 1.54) is 6.20 Å². The summed E-state index contributed by atoms with van der Waals surface area (Å²) in [6, 6.07) is 1.10.